The molecule has 0 spiro atoms. The number of hydrogen-bond acceptors (Lipinski definition) is 4. The van der Waals surface area contributed by atoms with Gasteiger partial charge >= 0.3 is 5.97 Å². The van der Waals surface area contributed by atoms with Gasteiger partial charge in [0.05, 0.1) is 12.1 Å². The second-order valence-electron chi connectivity index (χ2n) is 6.01. The fourth-order valence-electron chi connectivity index (χ4n) is 2.61. The summed E-state index contributed by atoms with van der Waals surface area (Å²) < 4.78 is 0. The summed E-state index contributed by atoms with van der Waals surface area (Å²) in [6.45, 7) is 0. The van der Waals surface area contributed by atoms with Gasteiger partial charge in [-0.3, -0.25) is 14.5 Å². The lowest BCUT2D eigenvalue weighted by atomic mass is 10.1. The molecular weight excluding hydrogens is 396 g/mol. The van der Waals surface area contributed by atoms with E-state index in [0.29, 0.717) is 15.8 Å². The number of thiazole rings is 1. The molecule has 0 aliphatic heterocycles. The number of carboxylic acid groups (broad SMARTS) is 1. The summed E-state index contributed by atoms with van der Waals surface area (Å²) in [5, 5.41) is 12.1. The predicted octanol–water partition coefficient (Wildman–Crippen LogP) is 4.98. The van der Waals surface area contributed by atoms with Gasteiger partial charge in [-0.05, 0) is 17.7 Å². The van der Waals surface area contributed by atoms with Crippen molar-refractivity contribution < 1.29 is 14.7 Å². The maximum Gasteiger partial charge on any atom is 0.308 e. The Balaban J connectivity index is 1.89. The highest BCUT2D eigenvalue weighted by molar-refractivity contribution is 7.14. The summed E-state index contributed by atoms with van der Waals surface area (Å²) in [5.74, 6) is -1.48. The molecule has 0 radical (unpaired) electrons. The van der Waals surface area contributed by atoms with Gasteiger partial charge in [0.15, 0.2) is 5.13 Å². The standard InChI is InChI=1S/C21H17ClN2O3S/c1-24(21-23-18(13-28-21)16-9-5-6-10-17(16)22)20(27)15(12-19(25)26)11-14-7-3-2-4-8-14/h2-11,13H,12H2,1H3,(H,25,26)/b15-11-. The van der Waals surface area contributed by atoms with E-state index in [1.54, 1.807) is 19.2 Å². The van der Waals surface area contributed by atoms with Gasteiger partial charge in [0.1, 0.15) is 0 Å². The summed E-state index contributed by atoms with van der Waals surface area (Å²) >= 11 is 7.51. The fourth-order valence-corrected chi connectivity index (χ4v) is 3.64. The molecule has 0 aliphatic rings. The number of likely N-dealkylation sites (N-methyl/N-ethyl adjacent to an activating group) is 1. The fraction of sp³-hybridized carbons (Fsp3) is 0.0952. The van der Waals surface area contributed by atoms with Crippen LogP contribution in [0.2, 0.25) is 5.02 Å². The normalized spacial score (nSPS) is 11.3. The van der Waals surface area contributed by atoms with Crippen molar-refractivity contribution in [2.75, 3.05) is 11.9 Å². The van der Waals surface area contributed by atoms with Crippen LogP contribution in [0, 0.1) is 0 Å². The molecule has 0 saturated heterocycles. The second-order valence-corrected chi connectivity index (χ2v) is 7.25. The number of carbonyl (C=O) groups excluding carboxylic acids is 1. The molecule has 0 fully saturated rings. The zero-order chi connectivity index (χ0) is 20.1. The van der Waals surface area contributed by atoms with E-state index in [1.807, 2.05) is 53.9 Å². The second kappa shape index (κ2) is 8.82. The lowest BCUT2D eigenvalue weighted by Gasteiger charge is -2.15. The highest BCUT2D eigenvalue weighted by atomic mass is 35.5. The molecule has 7 heteroatoms. The minimum Gasteiger partial charge on any atom is -0.481 e. The van der Waals surface area contributed by atoms with Gasteiger partial charge in [-0.15, -0.1) is 11.3 Å². The molecule has 0 bridgehead atoms. The van der Waals surface area contributed by atoms with E-state index < -0.39 is 11.9 Å². The molecule has 1 heterocycles. The third-order valence-electron chi connectivity index (χ3n) is 3.99. The maximum absolute atomic E-state index is 12.9. The monoisotopic (exact) mass is 412 g/mol. The number of aromatic nitrogens is 1. The Kier molecular flexibility index (Phi) is 6.23. The van der Waals surface area contributed by atoms with Crippen LogP contribution >= 0.6 is 22.9 Å². The van der Waals surface area contributed by atoms with Crippen LogP contribution in [0.5, 0.6) is 0 Å². The number of carbonyl (C=O) groups is 2. The summed E-state index contributed by atoms with van der Waals surface area (Å²) in [6, 6.07) is 16.5. The summed E-state index contributed by atoms with van der Waals surface area (Å²) in [5.41, 5.74) is 2.38. The zero-order valence-corrected chi connectivity index (χ0v) is 16.6. The van der Waals surface area contributed by atoms with Gasteiger partial charge in [0, 0.05) is 28.6 Å². The molecule has 1 amide bonds. The largest absolute Gasteiger partial charge is 0.481 e. The summed E-state index contributed by atoms with van der Waals surface area (Å²) in [6.07, 6.45) is 1.22. The molecule has 0 atom stereocenters. The van der Waals surface area contributed by atoms with Crippen molar-refractivity contribution in [1.82, 2.24) is 4.98 Å². The Labute approximate surface area is 171 Å². The first-order chi connectivity index (χ1) is 13.5. The molecule has 3 aromatic rings. The first kappa shape index (κ1) is 19.8. The molecule has 28 heavy (non-hydrogen) atoms. The molecule has 0 unspecified atom stereocenters. The molecule has 142 valence electrons. The van der Waals surface area contributed by atoms with Crippen molar-refractivity contribution in [2.45, 2.75) is 6.42 Å². The number of aliphatic carboxylic acids is 1. The lowest BCUT2D eigenvalue weighted by molar-refractivity contribution is -0.136. The Bertz CT molecular complexity index is 1030. The van der Waals surface area contributed by atoms with Crippen molar-refractivity contribution >= 4 is 46.0 Å². The number of hydrogen-bond donors (Lipinski definition) is 1. The number of benzene rings is 2. The number of amides is 1. The summed E-state index contributed by atoms with van der Waals surface area (Å²) in [4.78, 5) is 30.0. The van der Waals surface area contributed by atoms with Gasteiger partial charge in [-0.25, -0.2) is 4.98 Å². The van der Waals surface area contributed by atoms with Crippen LogP contribution in [0.15, 0.2) is 65.6 Å². The van der Waals surface area contributed by atoms with Crippen LogP contribution in [0.3, 0.4) is 0 Å². The molecule has 5 nitrogen and oxygen atoms in total. The van der Waals surface area contributed by atoms with Crippen molar-refractivity contribution in [3.63, 3.8) is 0 Å². The van der Waals surface area contributed by atoms with Gasteiger partial charge in [-0.2, -0.15) is 0 Å². The number of rotatable bonds is 6. The van der Waals surface area contributed by atoms with Crippen molar-refractivity contribution in [1.29, 1.82) is 0 Å². The van der Waals surface area contributed by atoms with Gasteiger partial charge < -0.3 is 5.11 Å². The molecule has 0 saturated carbocycles. The third kappa shape index (κ3) is 4.65. The predicted molar refractivity (Wildman–Crippen MR) is 113 cm³/mol. The van der Waals surface area contributed by atoms with Crippen LogP contribution < -0.4 is 4.90 Å². The molecule has 3 rings (SSSR count). The average Bonchev–Trinajstić information content (AvgIpc) is 3.17. The Morgan fingerprint density at radius 3 is 2.50 bits per heavy atom. The van der Waals surface area contributed by atoms with E-state index >= 15 is 0 Å². The quantitative estimate of drug-likeness (QED) is 0.579. The minimum absolute atomic E-state index is 0.177. The van der Waals surface area contributed by atoms with E-state index in [-0.39, 0.29) is 12.0 Å². The van der Waals surface area contributed by atoms with Gasteiger partial charge in [-0.1, -0.05) is 60.1 Å². The Hall–Kier alpha value is -2.96. The topological polar surface area (TPSA) is 70.5 Å². The molecule has 2 aromatic carbocycles. The van der Waals surface area contributed by atoms with Crippen molar-refractivity contribution in [3.8, 4) is 11.3 Å². The molecule has 1 aromatic heterocycles. The maximum atomic E-state index is 12.9. The first-order valence-electron chi connectivity index (χ1n) is 8.41. The minimum atomic E-state index is -1.07. The van der Waals surface area contributed by atoms with Gasteiger partial charge in [0.25, 0.3) is 5.91 Å². The molecule has 1 N–H and O–H groups in total. The number of carboxylic acids is 1. The van der Waals surface area contributed by atoms with Crippen LogP contribution in [0.1, 0.15) is 12.0 Å². The highest BCUT2D eigenvalue weighted by Crippen LogP contribution is 2.32. The van der Waals surface area contributed by atoms with Crippen molar-refractivity contribution in [3.05, 3.63) is 76.1 Å². The highest BCUT2D eigenvalue weighted by Gasteiger charge is 2.21. The molecule has 0 aliphatic carbocycles. The summed E-state index contributed by atoms with van der Waals surface area (Å²) in [7, 11) is 1.58. The van der Waals surface area contributed by atoms with Crippen LogP contribution in [-0.4, -0.2) is 29.0 Å². The SMILES string of the molecule is CN(C(=O)/C(=C\c1ccccc1)CC(=O)O)c1nc(-c2ccccc2Cl)cs1. The van der Waals surface area contributed by atoms with E-state index in [2.05, 4.69) is 4.98 Å². The number of nitrogens with zero attached hydrogens (tertiary/aromatic N) is 2. The van der Waals surface area contributed by atoms with Crippen LogP contribution in [0.25, 0.3) is 17.3 Å². The first-order valence-corrected chi connectivity index (χ1v) is 9.67. The van der Waals surface area contributed by atoms with E-state index in [9.17, 15) is 14.7 Å². The number of anilines is 1. The van der Waals surface area contributed by atoms with Crippen LogP contribution in [-0.2, 0) is 9.59 Å². The Morgan fingerprint density at radius 1 is 1.14 bits per heavy atom. The van der Waals surface area contributed by atoms with E-state index in [0.717, 1.165) is 11.1 Å². The van der Waals surface area contributed by atoms with E-state index in [1.165, 1.54) is 16.2 Å². The number of halogens is 1. The smallest absolute Gasteiger partial charge is 0.308 e. The van der Waals surface area contributed by atoms with Crippen molar-refractivity contribution in [2.24, 2.45) is 0 Å². The van der Waals surface area contributed by atoms with E-state index in [4.69, 9.17) is 11.6 Å². The molecular formula is C21H17ClN2O3S. The average molecular weight is 413 g/mol. The zero-order valence-electron chi connectivity index (χ0n) is 15.0. The lowest BCUT2D eigenvalue weighted by Crippen LogP contribution is -2.28. The van der Waals surface area contributed by atoms with Gasteiger partial charge in [0.2, 0.25) is 0 Å². The van der Waals surface area contributed by atoms with Crippen LogP contribution in [0.4, 0.5) is 5.13 Å². The third-order valence-corrected chi connectivity index (χ3v) is 5.24. The Morgan fingerprint density at radius 2 is 1.82 bits per heavy atom.